The lowest BCUT2D eigenvalue weighted by Crippen LogP contribution is -2.26. The van der Waals surface area contributed by atoms with Gasteiger partial charge in [-0.05, 0) is 37.8 Å². The lowest BCUT2D eigenvalue weighted by molar-refractivity contribution is 0.908. The lowest BCUT2D eigenvalue weighted by atomic mass is 10.1. The second-order valence-electron chi connectivity index (χ2n) is 6.06. The zero-order chi connectivity index (χ0) is 16.1. The number of fused-ring (bicyclic) bond motifs is 3. The molecule has 1 fully saturated rings. The van der Waals surface area contributed by atoms with E-state index >= 15 is 0 Å². The molecule has 4 rings (SSSR count). The van der Waals surface area contributed by atoms with Crippen molar-refractivity contribution in [2.24, 2.45) is 0 Å². The van der Waals surface area contributed by atoms with E-state index in [0.29, 0.717) is 11.4 Å². The average molecular weight is 323 g/mol. The summed E-state index contributed by atoms with van der Waals surface area (Å²) < 4.78 is 2.98. The van der Waals surface area contributed by atoms with Crippen LogP contribution < -0.4 is 10.4 Å². The number of hydrogen-bond donors (Lipinski definition) is 1. The molecule has 6 heteroatoms. The Bertz CT molecular complexity index is 1030. The number of nitriles is 1. The van der Waals surface area contributed by atoms with Crippen molar-refractivity contribution in [3.8, 4) is 6.07 Å². The molecule has 0 unspecified atom stereocenters. The van der Waals surface area contributed by atoms with Gasteiger partial charge >= 0.3 is 0 Å². The minimum atomic E-state index is 0.249. The van der Waals surface area contributed by atoms with E-state index in [2.05, 4.69) is 30.0 Å². The molecule has 23 heavy (non-hydrogen) atoms. The van der Waals surface area contributed by atoms with E-state index in [0.717, 1.165) is 46.7 Å². The normalized spacial score (nSPS) is 14.7. The second-order valence-corrected chi connectivity index (χ2v) is 7.04. The molecule has 1 N–H and O–H groups in total. The molecule has 116 valence electrons. The number of aryl methyl sites for hydroxylation is 2. The monoisotopic (exact) mass is 323 g/mol. The van der Waals surface area contributed by atoms with Crippen LogP contribution in [-0.4, -0.2) is 22.5 Å². The fraction of sp³-hybridized carbons (Fsp3) is 0.353. The highest BCUT2D eigenvalue weighted by molar-refractivity contribution is 7.23. The van der Waals surface area contributed by atoms with Gasteiger partial charge in [0, 0.05) is 13.1 Å². The largest absolute Gasteiger partial charge is 0.355 e. The molecule has 2 aromatic heterocycles. The van der Waals surface area contributed by atoms with Gasteiger partial charge in [-0.3, -0.25) is 9.81 Å². The molecule has 0 radical (unpaired) electrons. The third kappa shape index (κ3) is 1.97. The predicted octanol–water partition coefficient (Wildman–Crippen LogP) is 3.12. The van der Waals surface area contributed by atoms with E-state index in [9.17, 15) is 5.26 Å². The molecular formula is C17H17N5S. The first-order valence-electron chi connectivity index (χ1n) is 7.77. The van der Waals surface area contributed by atoms with Crippen LogP contribution in [-0.2, 0) is 0 Å². The Labute approximate surface area is 137 Å². The van der Waals surface area contributed by atoms with Crippen molar-refractivity contribution in [2.45, 2.75) is 26.7 Å². The van der Waals surface area contributed by atoms with Gasteiger partial charge in [0.1, 0.15) is 11.6 Å². The van der Waals surface area contributed by atoms with Crippen LogP contribution >= 0.6 is 11.3 Å². The highest BCUT2D eigenvalue weighted by Crippen LogP contribution is 2.31. The molecule has 1 aliphatic rings. The number of thiazole rings is 1. The van der Waals surface area contributed by atoms with Gasteiger partial charge in [0.05, 0.1) is 10.2 Å². The molecule has 3 aromatic rings. The van der Waals surface area contributed by atoms with Gasteiger partial charge < -0.3 is 4.90 Å². The Hall–Kier alpha value is -2.39. The third-order valence-corrected chi connectivity index (χ3v) is 5.72. The fourth-order valence-corrected chi connectivity index (χ4v) is 4.48. The van der Waals surface area contributed by atoms with Gasteiger partial charge in [0.15, 0.2) is 16.3 Å². The molecule has 3 heterocycles. The van der Waals surface area contributed by atoms with Gasteiger partial charge in [-0.15, -0.1) is 0 Å². The molecule has 5 nitrogen and oxygen atoms in total. The maximum absolute atomic E-state index is 9.61. The van der Waals surface area contributed by atoms with Gasteiger partial charge in [-0.1, -0.05) is 23.5 Å². The Morgan fingerprint density at radius 3 is 2.61 bits per heavy atom. The van der Waals surface area contributed by atoms with Crippen molar-refractivity contribution >= 4 is 32.3 Å². The van der Waals surface area contributed by atoms with Crippen molar-refractivity contribution in [2.75, 3.05) is 18.0 Å². The summed E-state index contributed by atoms with van der Waals surface area (Å²) in [4.78, 5) is 7.71. The van der Waals surface area contributed by atoms with Gasteiger partial charge in [-0.25, -0.2) is 4.98 Å². The molecule has 1 saturated heterocycles. The van der Waals surface area contributed by atoms with Crippen molar-refractivity contribution < 1.29 is 0 Å². The van der Waals surface area contributed by atoms with Gasteiger partial charge in [0.25, 0.3) is 0 Å². The van der Waals surface area contributed by atoms with E-state index in [1.807, 2.05) is 11.3 Å². The van der Waals surface area contributed by atoms with Crippen LogP contribution in [0.25, 0.3) is 15.2 Å². The molecule has 0 aliphatic carbocycles. The summed E-state index contributed by atoms with van der Waals surface area (Å²) >= 11 is 1.60. The van der Waals surface area contributed by atoms with Crippen LogP contribution in [0.4, 0.5) is 5.82 Å². The number of anilines is 1. The first-order valence-corrected chi connectivity index (χ1v) is 8.58. The first kappa shape index (κ1) is 14.2. The molecule has 0 atom stereocenters. The number of hydrogen-bond acceptors (Lipinski definition) is 5. The maximum Gasteiger partial charge on any atom is 0.198 e. The second kappa shape index (κ2) is 5.07. The van der Waals surface area contributed by atoms with Crippen molar-refractivity contribution in [3.63, 3.8) is 0 Å². The zero-order valence-electron chi connectivity index (χ0n) is 13.2. The summed E-state index contributed by atoms with van der Waals surface area (Å²) in [6.45, 7) is 5.95. The molecule has 0 bridgehead atoms. The van der Waals surface area contributed by atoms with Crippen molar-refractivity contribution in [1.29, 1.82) is 10.7 Å². The maximum atomic E-state index is 9.61. The lowest BCUT2D eigenvalue weighted by Gasteiger charge is -2.17. The van der Waals surface area contributed by atoms with Crippen molar-refractivity contribution in [1.82, 2.24) is 9.38 Å². The molecule has 0 saturated carbocycles. The van der Waals surface area contributed by atoms with E-state index in [1.54, 1.807) is 11.3 Å². The Morgan fingerprint density at radius 1 is 1.22 bits per heavy atom. The Balaban J connectivity index is 2.15. The zero-order valence-corrected chi connectivity index (χ0v) is 14.0. The van der Waals surface area contributed by atoms with E-state index in [4.69, 9.17) is 10.4 Å². The predicted molar refractivity (Wildman–Crippen MR) is 92.1 cm³/mol. The Morgan fingerprint density at radius 2 is 1.91 bits per heavy atom. The van der Waals surface area contributed by atoms with Gasteiger partial charge in [-0.2, -0.15) is 5.26 Å². The van der Waals surface area contributed by atoms with Crippen LogP contribution in [0, 0.1) is 30.6 Å². The number of rotatable bonds is 1. The van der Waals surface area contributed by atoms with Crippen LogP contribution in [0.15, 0.2) is 12.1 Å². The molecular weight excluding hydrogens is 306 g/mol. The third-order valence-electron chi connectivity index (χ3n) is 4.54. The Kier molecular flexibility index (Phi) is 3.13. The first-order chi connectivity index (χ1) is 11.1. The fourth-order valence-electron chi connectivity index (χ4n) is 3.31. The topological polar surface area (TPSA) is 68.2 Å². The minimum Gasteiger partial charge on any atom is -0.355 e. The SMILES string of the molecule is Cc1ccc(C)c2c1sc1nc(N3CCCC3)c(C#N)c(=N)n12. The smallest absolute Gasteiger partial charge is 0.198 e. The summed E-state index contributed by atoms with van der Waals surface area (Å²) in [7, 11) is 0. The quantitative estimate of drug-likeness (QED) is 0.748. The number of aromatic nitrogens is 2. The van der Waals surface area contributed by atoms with Crippen LogP contribution in [0.5, 0.6) is 0 Å². The molecule has 1 aliphatic heterocycles. The summed E-state index contributed by atoms with van der Waals surface area (Å²) in [5.74, 6) is 0.678. The average Bonchev–Trinajstić information content (AvgIpc) is 3.18. The highest BCUT2D eigenvalue weighted by atomic mass is 32.1. The molecule has 1 aromatic carbocycles. The van der Waals surface area contributed by atoms with Crippen LogP contribution in [0.3, 0.4) is 0 Å². The summed E-state index contributed by atoms with van der Waals surface area (Å²) in [6.07, 6.45) is 2.24. The number of nitrogens with one attached hydrogen (secondary N) is 1. The number of nitrogens with zero attached hydrogens (tertiary/aromatic N) is 4. The summed E-state index contributed by atoms with van der Waals surface area (Å²) in [6, 6.07) is 6.38. The summed E-state index contributed by atoms with van der Waals surface area (Å²) in [5.41, 5.74) is 3.92. The van der Waals surface area contributed by atoms with E-state index < -0.39 is 0 Å². The van der Waals surface area contributed by atoms with Crippen molar-refractivity contribution in [3.05, 3.63) is 34.3 Å². The summed E-state index contributed by atoms with van der Waals surface area (Å²) in [5, 5.41) is 18.2. The standard InChI is InChI=1S/C17H17N5S/c1-10-5-6-11(2)14-13(10)22-15(19)12(9-18)16(20-17(22)23-14)21-7-3-4-8-21/h5-6,19H,3-4,7-8H2,1-2H3. The van der Waals surface area contributed by atoms with E-state index in [-0.39, 0.29) is 5.49 Å². The van der Waals surface area contributed by atoms with E-state index in [1.165, 1.54) is 5.56 Å². The van der Waals surface area contributed by atoms with Crippen LogP contribution in [0.2, 0.25) is 0 Å². The molecule has 0 spiro atoms. The minimum absolute atomic E-state index is 0.249. The van der Waals surface area contributed by atoms with Gasteiger partial charge in [0.2, 0.25) is 0 Å². The van der Waals surface area contributed by atoms with Crippen LogP contribution in [0.1, 0.15) is 29.5 Å². The number of benzene rings is 1. The highest BCUT2D eigenvalue weighted by Gasteiger charge is 2.22. The molecule has 0 amide bonds.